The summed E-state index contributed by atoms with van der Waals surface area (Å²) in [5.74, 6) is -2.15. The quantitative estimate of drug-likeness (QED) is 0.500. The first-order valence-electron chi connectivity index (χ1n) is 8.36. The Bertz CT molecular complexity index is 1210. The highest BCUT2D eigenvalue weighted by molar-refractivity contribution is 7.99. The number of nitrogens with one attached hydrogen (secondary N) is 1. The molecule has 0 aliphatic heterocycles. The zero-order chi connectivity index (χ0) is 20.4. The number of thioether (sulfide) groups is 1. The van der Waals surface area contributed by atoms with Crippen molar-refractivity contribution in [1.82, 2.24) is 19.8 Å². The maximum Gasteiger partial charge on any atom is 0.234 e. The summed E-state index contributed by atoms with van der Waals surface area (Å²) in [6.45, 7) is 0. The van der Waals surface area contributed by atoms with Crippen molar-refractivity contribution >= 4 is 29.0 Å². The van der Waals surface area contributed by atoms with Gasteiger partial charge in [0.2, 0.25) is 5.91 Å². The van der Waals surface area contributed by atoms with Crippen molar-refractivity contribution in [2.24, 2.45) is 0 Å². The molecule has 4 aromatic rings. The second-order valence-electron chi connectivity index (χ2n) is 5.94. The predicted octanol–water partition coefficient (Wildman–Crippen LogP) is 3.94. The summed E-state index contributed by atoms with van der Waals surface area (Å²) in [6.07, 6.45) is 0. The molecule has 0 aliphatic rings. The predicted molar refractivity (Wildman–Crippen MR) is 102 cm³/mol. The number of halogens is 3. The molecular formula is C19H12F3N5OS. The second-order valence-corrected chi connectivity index (χ2v) is 6.93. The van der Waals surface area contributed by atoms with Crippen molar-refractivity contribution in [2.45, 2.75) is 5.03 Å². The van der Waals surface area contributed by atoms with Gasteiger partial charge in [-0.1, -0.05) is 23.9 Å². The summed E-state index contributed by atoms with van der Waals surface area (Å²) in [4.78, 5) is 12.1. The van der Waals surface area contributed by atoms with Crippen molar-refractivity contribution in [1.29, 1.82) is 0 Å². The first-order valence-corrected chi connectivity index (χ1v) is 9.34. The minimum atomic E-state index is -0.855. The molecule has 2 aromatic carbocycles. The third-order valence-corrected chi connectivity index (χ3v) is 4.80. The third kappa shape index (κ3) is 4.21. The fraction of sp³-hybridized carbons (Fsp3) is 0.0526. The minimum Gasteiger partial charge on any atom is -0.323 e. The lowest BCUT2D eigenvalue weighted by Crippen LogP contribution is -2.15. The Morgan fingerprint density at radius 1 is 1.00 bits per heavy atom. The summed E-state index contributed by atoms with van der Waals surface area (Å²) in [6, 6.07) is 12.1. The highest BCUT2D eigenvalue weighted by Gasteiger charge is 2.13. The molecule has 1 N–H and O–H groups in total. The van der Waals surface area contributed by atoms with E-state index in [2.05, 4.69) is 20.6 Å². The second kappa shape index (κ2) is 7.92. The lowest BCUT2D eigenvalue weighted by molar-refractivity contribution is -0.113. The fourth-order valence-corrected chi connectivity index (χ4v) is 3.23. The minimum absolute atomic E-state index is 0.0489. The Morgan fingerprint density at radius 2 is 1.83 bits per heavy atom. The van der Waals surface area contributed by atoms with E-state index in [0.717, 1.165) is 23.9 Å². The standard InChI is InChI=1S/C19H12F3N5OS/c20-12-3-1-2-11(8-12)19-25-24-16-6-7-18(26-27(16)19)29-10-17(28)23-15-5-4-13(21)9-14(15)22/h1-9H,10H2,(H,23,28). The van der Waals surface area contributed by atoms with E-state index in [1.807, 2.05) is 0 Å². The molecule has 0 saturated carbocycles. The molecule has 2 heterocycles. The Kier molecular flexibility index (Phi) is 5.17. The number of amides is 1. The van der Waals surface area contributed by atoms with Crippen molar-refractivity contribution in [2.75, 3.05) is 11.1 Å². The van der Waals surface area contributed by atoms with E-state index < -0.39 is 23.4 Å². The molecule has 29 heavy (non-hydrogen) atoms. The van der Waals surface area contributed by atoms with E-state index in [1.165, 1.54) is 16.6 Å². The van der Waals surface area contributed by atoms with E-state index in [4.69, 9.17) is 0 Å². The lowest BCUT2D eigenvalue weighted by atomic mass is 10.2. The van der Waals surface area contributed by atoms with E-state index in [1.54, 1.807) is 24.3 Å². The molecule has 2 aromatic heterocycles. The van der Waals surface area contributed by atoms with E-state index in [-0.39, 0.29) is 11.4 Å². The smallest absolute Gasteiger partial charge is 0.234 e. The average Bonchev–Trinajstić information content (AvgIpc) is 3.12. The molecule has 0 aliphatic carbocycles. The van der Waals surface area contributed by atoms with Crippen LogP contribution < -0.4 is 5.32 Å². The van der Waals surface area contributed by atoms with Gasteiger partial charge in [-0.2, -0.15) is 9.61 Å². The molecule has 0 bridgehead atoms. The van der Waals surface area contributed by atoms with Crippen molar-refractivity contribution in [3.8, 4) is 11.4 Å². The first kappa shape index (κ1) is 18.9. The number of benzene rings is 2. The van der Waals surface area contributed by atoms with Crippen LogP contribution in [0, 0.1) is 17.5 Å². The van der Waals surface area contributed by atoms with Gasteiger partial charge in [-0.15, -0.1) is 10.2 Å². The van der Waals surface area contributed by atoms with Gasteiger partial charge in [-0.05, 0) is 36.4 Å². The summed E-state index contributed by atoms with van der Waals surface area (Å²) >= 11 is 1.11. The Labute approximate surface area is 166 Å². The van der Waals surface area contributed by atoms with Gasteiger partial charge in [0, 0.05) is 11.6 Å². The van der Waals surface area contributed by atoms with Crippen LogP contribution in [-0.4, -0.2) is 31.5 Å². The van der Waals surface area contributed by atoms with Gasteiger partial charge in [0.1, 0.15) is 22.5 Å². The summed E-state index contributed by atoms with van der Waals surface area (Å²) in [7, 11) is 0. The number of carbonyl (C=O) groups is 1. The lowest BCUT2D eigenvalue weighted by Gasteiger charge is -2.06. The Morgan fingerprint density at radius 3 is 2.62 bits per heavy atom. The number of nitrogens with zero attached hydrogens (tertiary/aromatic N) is 4. The van der Waals surface area contributed by atoms with Crippen LogP contribution in [0.25, 0.3) is 17.0 Å². The van der Waals surface area contributed by atoms with Crippen molar-refractivity contribution in [3.05, 3.63) is 72.0 Å². The van der Waals surface area contributed by atoms with Gasteiger partial charge < -0.3 is 5.32 Å². The molecule has 0 atom stereocenters. The van der Waals surface area contributed by atoms with Gasteiger partial charge >= 0.3 is 0 Å². The van der Waals surface area contributed by atoms with Gasteiger partial charge in [-0.3, -0.25) is 4.79 Å². The maximum absolute atomic E-state index is 13.6. The van der Waals surface area contributed by atoms with E-state index in [9.17, 15) is 18.0 Å². The molecule has 0 unspecified atom stereocenters. The number of anilines is 1. The fourth-order valence-electron chi connectivity index (χ4n) is 2.57. The summed E-state index contributed by atoms with van der Waals surface area (Å²) in [5.41, 5.74) is 0.871. The van der Waals surface area contributed by atoms with Crippen LogP contribution in [0.15, 0.2) is 59.6 Å². The molecule has 4 rings (SSSR count). The van der Waals surface area contributed by atoms with Gasteiger partial charge in [0.05, 0.1) is 11.4 Å². The Hall–Kier alpha value is -3.40. The summed E-state index contributed by atoms with van der Waals surface area (Å²) < 4.78 is 41.5. The van der Waals surface area contributed by atoms with Crippen LogP contribution in [0.4, 0.5) is 18.9 Å². The van der Waals surface area contributed by atoms with Crippen molar-refractivity contribution in [3.63, 3.8) is 0 Å². The molecule has 0 spiro atoms. The van der Waals surface area contributed by atoms with E-state index >= 15 is 0 Å². The number of hydrogen-bond acceptors (Lipinski definition) is 5. The molecule has 0 radical (unpaired) electrons. The first-order chi connectivity index (χ1) is 14.0. The van der Waals surface area contributed by atoms with Crippen LogP contribution in [0.2, 0.25) is 0 Å². The highest BCUT2D eigenvalue weighted by Crippen LogP contribution is 2.22. The van der Waals surface area contributed by atoms with Crippen LogP contribution in [-0.2, 0) is 4.79 Å². The largest absolute Gasteiger partial charge is 0.323 e. The molecule has 1 amide bonds. The number of fused-ring (bicyclic) bond motifs is 1. The maximum atomic E-state index is 13.6. The molecule has 146 valence electrons. The molecule has 6 nitrogen and oxygen atoms in total. The number of carbonyl (C=O) groups excluding carboxylic acids is 1. The van der Waals surface area contributed by atoms with E-state index in [0.29, 0.717) is 28.1 Å². The van der Waals surface area contributed by atoms with Crippen LogP contribution in [0.5, 0.6) is 0 Å². The molecule has 10 heteroatoms. The van der Waals surface area contributed by atoms with Crippen LogP contribution >= 0.6 is 11.8 Å². The molecule has 0 saturated heterocycles. The zero-order valence-electron chi connectivity index (χ0n) is 14.6. The van der Waals surface area contributed by atoms with Gasteiger partial charge in [0.25, 0.3) is 0 Å². The highest BCUT2D eigenvalue weighted by atomic mass is 32.2. The van der Waals surface area contributed by atoms with Gasteiger partial charge in [0.15, 0.2) is 11.5 Å². The SMILES string of the molecule is O=C(CSc1ccc2nnc(-c3cccc(F)c3)n2n1)Nc1ccc(F)cc1F. The zero-order valence-corrected chi connectivity index (χ0v) is 15.5. The molecular weight excluding hydrogens is 403 g/mol. The number of rotatable bonds is 5. The van der Waals surface area contributed by atoms with Crippen molar-refractivity contribution < 1.29 is 18.0 Å². The normalized spacial score (nSPS) is 11.0. The average molecular weight is 415 g/mol. The summed E-state index contributed by atoms with van der Waals surface area (Å²) in [5, 5.41) is 15.3. The van der Waals surface area contributed by atoms with Crippen LogP contribution in [0.1, 0.15) is 0 Å². The van der Waals surface area contributed by atoms with Crippen LogP contribution in [0.3, 0.4) is 0 Å². The topological polar surface area (TPSA) is 72.2 Å². The Balaban J connectivity index is 1.50. The third-order valence-electron chi connectivity index (χ3n) is 3.88. The monoisotopic (exact) mass is 415 g/mol. The number of hydrogen-bond donors (Lipinski definition) is 1. The number of aromatic nitrogens is 4. The van der Waals surface area contributed by atoms with Gasteiger partial charge in [-0.25, -0.2) is 13.2 Å². The molecule has 0 fully saturated rings.